The molecule has 14 heavy (non-hydrogen) atoms. The molecule has 1 aliphatic rings. The van der Waals surface area contributed by atoms with Gasteiger partial charge >= 0.3 is 0 Å². The second-order valence-electron chi connectivity index (χ2n) is 3.95. The number of nitrogens with zero attached hydrogens (tertiary/aromatic N) is 2. The first-order valence-electron chi connectivity index (χ1n) is 5.44. The highest BCUT2D eigenvalue weighted by Crippen LogP contribution is 2.27. The molecule has 3 nitrogen and oxygen atoms in total. The molecule has 1 saturated carbocycles. The Morgan fingerprint density at radius 2 is 2.07 bits per heavy atom. The predicted molar refractivity (Wildman–Crippen MR) is 58.3 cm³/mol. The maximum atomic E-state index is 4.12. The van der Waals surface area contributed by atoms with Crippen molar-refractivity contribution in [2.75, 3.05) is 5.75 Å². The molecule has 1 N–H and O–H groups in total. The number of hydrogen-bond acceptors (Lipinski definition) is 3. The fraction of sp³-hybridized carbons (Fsp3) is 0.800. The molecule has 0 aliphatic heterocycles. The number of aromatic amines is 1. The van der Waals surface area contributed by atoms with Crippen LogP contribution in [0, 0.1) is 5.92 Å². The van der Waals surface area contributed by atoms with E-state index in [-0.39, 0.29) is 0 Å². The van der Waals surface area contributed by atoms with E-state index in [0.29, 0.717) is 0 Å². The second-order valence-corrected chi connectivity index (χ2v) is 4.94. The highest BCUT2D eigenvalue weighted by Gasteiger charge is 2.13. The highest BCUT2D eigenvalue weighted by atomic mass is 32.2. The van der Waals surface area contributed by atoms with E-state index >= 15 is 0 Å². The SMILES string of the molecule is c1nc(SCC2CCCCCC2)n[nH]1. The largest absolute Gasteiger partial charge is 0.265 e. The van der Waals surface area contributed by atoms with Crippen molar-refractivity contribution in [3.63, 3.8) is 0 Å². The molecule has 0 radical (unpaired) electrons. The monoisotopic (exact) mass is 211 g/mol. The summed E-state index contributed by atoms with van der Waals surface area (Å²) in [6, 6.07) is 0. The van der Waals surface area contributed by atoms with Gasteiger partial charge in [-0.1, -0.05) is 37.4 Å². The van der Waals surface area contributed by atoms with Crippen molar-refractivity contribution in [1.82, 2.24) is 15.2 Å². The first-order chi connectivity index (χ1) is 6.95. The zero-order chi connectivity index (χ0) is 9.64. The highest BCUT2D eigenvalue weighted by molar-refractivity contribution is 7.99. The van der Waals surface area contributed by atoms with Gasteiger partial charge in [0.1, 0.15) is 6.33 Å². The quantitative estimate of drug-likeness (QED) is 0.617. The molecule has 78 valence electrons. The fourth-order valence-electron chi connectivity index (χ4n) is 1.99. The van der Waals surface area contributed by atoms with E-state index in [2.05, 4.69) is 15.2 Å². The minimum atomic E-state index is 0.890. The molecule has 4 heteroatoms. The van der Waals surface area contributed by atoms with Crippen LogP contribution < -0.4 is 0 Å². The van der Waals surface area contributed by atoms with Crippen molar-refractivity contribution in [2.24, 2.45) is 5.92 Å². The lowest BCUT2D eigenvalue weighted by Gasteiger charge is -2.11. The molecule has 0 unspecified atom stereocenters. The zero-order valence-corrected chi connectivity index (χ0v) is 9.22. The van der Waals surface area contributed by atoms with Crippen LogP contribution in [-0.2, 0) is 0 Å². The van der Waals surface area contributed by atoms with E-state index in [0.717, 1.165) is 11.1 Å². The van der Waals surface area contributed by atoms with E-state index < -0.39 is 0 Å². The minimum absolute atomic E-state index is 0.890. The molecule has 0 spiro atoms. The van der Waals surface area contributed by atoms with Gasteiger partial charge in [-0.2, -0.15) is 0 Å². The summed E-state index contributed by atoms with van der Waals surface area (Å²) in [5.41, 5.74) is 0. The van der Waals surface area contributed by atoms with Gasteiger partial charge in [0.2, 0.25) is 5.16 Å². The van der Waals surface area contributed by atoms with Gasteiger partial charge in [-0.25, -0.2) is 4.98 Å². The van der Waals surface area contributed by atoms with Gasteiger partial charge in [-0.3, -0.25) is 5.10 Å². The van der Waals surface area contributed by atoms with Crippen LogP contribution in [0.15, 0.2) is 11.5 Å². The van der Waals surface area contributed by atoms with Gasteiger partial charge in [-0.15, -0.1) is 5.10 Å². The summed E-state index contributed by atoms with van der Waals surface area (Å²) in [5.74, 6) is 2.08. The molecule has 0 saturated heterocycles. The molecule has 0 atom stereocenters. The fourth-order valence-corrected chi connectivity index (χ4v) is 2.95. The molecule has 2 rings (SSSR count). The maximum Gasteiger partial charge on any atom is 0.208 e. The van der Waals surface area contributed by atoms with Gasteiger partial charge < -0.3 is 0 Å². The van der Waals surface area contributed by atoms with Crippen molar-refractivity contribution in [2.45, 2.75) is 43.7 Å². The summed E-state index contributed by atoms with van der Waals surface area (Å²) in [6.07, 6.45) is 10.1. The van der Waals surface area contributed by atoms with Crippen LogP contribution in [0.4, 0.5) is 0 Å². The molecule has 1 heterocycles. The molecule has 0 amide bonds. The summed E-state index contributed by atoms with van der Waals surface area (Å²) in [4.78, 5) is 4.12. The molecule has 1 aromatic heterocycles. The molecular formula is C10H17N3S. The van der Waals surface area contributed by atoms with E-state index in [1.807, 2.05) is 0 Å². The third-order valence-electron chi connectivity index (χ3n) is 2.82. The zero-order valence-electron chi connectivity index (χ0n) is 8.41. The van der Waals surface area contributed by atoms with Crippen LogP contribution in [0.25, 0.3) is 0 Å². The molecule has 1 fully saturated rings. The van der Waals surface area contributed by atoms with Gasteiger partial charge in [-0.05, 0) is 18.8 Å². The van der Waals surface area contributed by atoms with Crippen molar-refractivity contribution in [3.8, 4) is 0 Å². The Morgan fingerprint density at radius 3 is 2.71 bits per heavy atom. The predicted octanol–water partition coefficient (Wildman–Crippen LogP) is 2.87. The second kappa shape index (κ2) is 5.39. The van der Waals surface area contributed by atoms with Gasteiger partial charge in [0.25, 0.3) is 0 Å². The van der Waals surface area contributed by atoms with E-state index in [9.17, 15) is 0 Å². The van der Waals surface area contributed by atoms with E-state index in [1.165, 1.54) is 44.3 Å². The van der Waals surface area contributed by atoms with Crippen molar-refractivity contribution >= 4 is 11.8 Å². The number of H-pyrrole nitrogens is 1. The molecule has 1 aromatic rings. The van der Waals surface area contributed by atoms with Gasteiger partial charge in [0.05, 0.1) is 0 Å². The van der Waals surface area contributed by atoms with E-state index in [1.54, 1.807) is 18.1 Å². The molecule has 0 bridgehead atoms. The topological polar surface area (TPSA) is 41.6 Å². The first-order valence-corrected chi connectivity index (χ1v) is 6.42. The Kier molecular flexibility index (Phi) is 3.86. The van der Waals surface area contributed by atoms with Gasteiger partial charge in [0, 0.05) is 5.75 Å². The first kappa shape index (κ1) is 10.0. The average Bonchev–Trinajstić information content (AvgIpc) is 2.58. The lowest BCUT2D eigenvalue weighted by atomic mass is 10.0. The number of hydrogen-bond donors (Lipinski definition) is 1. The third-order valence-corrected chi connectivity index (χ3v) is 3.91. The van der Waals surface area contributed by atoms with Crippen molar-refractivity contribution in [3.05, 3.63) is 6.33 Å². The Hall–Kier alpha value is -0.510. The average molecular weight is 211 g/mol. The number of rotatable bonds is 3. The van der Waals surface area contributed by atoms with Crippen molar-refractivity contribution < 1.29 is 0 Å². The Labute approximate surface area is 89.1 Å². The summed E-state index contributed by atoms with van der Waals surface area (Å²) >= 11 is 1.79. The number of nitrogens with one attached hydrogen (secondary N) is 1. The van der Waals surface area contributed by atoms with E-state index in [4.69, 9.17) is 0 Å². The Bertz CT molecular complexity index is 240. The lowest BCUT2D eigenvalue weighted by molar-refractivity contribution is 0.513. The summed E-state index contributed by atoms with van der Waals surface area (Å²) in [7, 11) is 0. The maximum absolute atomic E-state index is 4.12. The number of aromatic nitrogens is 3. The van der Waals surface area contributed by atoms with Crippen LogP contribution in [0.3, 0.4) is 0 Å². The van der Waals surface area contributed by atoms with Crippen molar-refractivity contribution in [1.29, 1.82) is 0 Å². The van der Waals surface area contributed by atoms with Crippen LogP contribution in [-0.4, -0.2) is 20.9 Å². The summed E-state index contributed by atoms with van der Waals surface area (Å²) in [5, 5.41) is 7.70. The Balaban J connectivity index is 1.73. The third kappa shape index (κ3) is 3.01. The number of thioether (sulfide) groups is 1. The van der Waals surface area contributed by atoms with Crippen LogP contribution in [0.1, 0.15) is 38.5 Å². The normalized spacial score (nSPS) is 19.4. The Morgan fingerprint density at radius 1 is 1.29 bits per heavy atom. The lowest BCUT2D eigenvalue weighted by Crippen LogP contribution is -2.02. The molecule has 0 aromatic carbocycles. The molecular weight excluding hydrogens is 194 g/mol. The minimum Gasteiger partial charge on any atom is -0.265 e. The summed E-state index contributed by atoms with van der Waals surface area (Å²) in [6.45, 7) is 0. The van der Waals surface area contributed by atoms with Crippen LogP contribution in [0.2, 0.25) is 0 Å². The molecule has 1 aliphatic carbocycles. The van der Waals surface area contributed by atoms with Gasteiger partial charge in [0.15, 0.2) is 0 Å². The smallest absolute Gasteiger partial charge is 0.208 e. The van der Waals surface area contributed by atoms with Crippen LogP contribution in [0.5, 0.6) is 0 Å². The van der Waals surface area contributed by atoms with Crippen LogP contribution >= 0.6 is 11.8 Å². The standard InChI is InChI=1S/C10H17N3S/c1-2-4-6-9(5-3-1)7-14-10-11-8-12-13-10/h8-9H,1-7H2,(H,11,12,13). The summed E-state index contributed by atoms with van der Waals surface area (Å²) < 4.78 is 0.